The molecular formula is C14H15N3O3. The molecule has 1 heterocycles. The number of carbonyl (C=O) groups excluding carboxylic acids is 2. The Labute approximate surface area is 116 Å². The molecule has 1 unspecified atom stereocenters. The van der Waals surface area contributed by atoms with Gasteiger partial charge in [0.15, 0.2) is 0 Å². The van der Waals surface area contributed by atoms with E-state index in [1.807, 2.05) is 0 Å². The zero-order valence-electron chi connectivity index (χ0n) is 11.1. The van der Waals surface area contributed by atoms with E-state index in [1.165, 1.54) is 12.0 Å². The van der Waals surface area contributed by atoms with Crippen LogP contribution in [0.25, 0.3) is 0 Å². The molecule has 1 atom stereocenters. The summed E-state index contributed by atoms with van der Waals surface area (Å²) in [7, 11) is 1.32. The van der Waals surface area contributed by atoms with E-state index in [-0.39, 0.29) is 11.9 Å². The Morgan fingerprint density at radius 2 is 2.15 bits per heavy atom. The fraction of sp³-hybridized carbons (Fsp3) is 0.214. The zero-order chi connectivity index (χ0) is 14.7. The number of nitrogens with zero attached hydrogens (tertiary/aromatic N) is 2. The van der Waals surface area contributed by atoms with Gasteiger partial charge in [0.05, 0.1) is 12.7 Å². The summed E-state index contributed by atoms with van der Waals surface area (Å²) >= 11 is 0. The van der Waals surface area contributed by atoms with Crippen molar-refractivity contribution in [3.8, 4) is 0 Å². The minimum Gasteiger partial charge on any atom is -0.465 e. The van der Waals surface area contributed by atoms with Crippen molar-refractivity contribution in [3.63, 3.8) is 0 Å². The molecule has 0 radical (unpaired) electrons. The number of amides is 2. The van der Waals surface area contributed by atoms with Crippen LogP contribution in [0.3, 0.4) is 0 Å². The van der Waals surface area contributed by atoms with E-state index in [0.29, 0.717) is 12.1 Å². The Morgan fingerprint density at radius 3 is 2.70 bits per heavy atom. The van der Waals surface area contributed by atoms with Gasteiger partial charge < -0.3 is 15.4 Å². The first-order chi connectivity index (χ1) is 9.58. The van der Waals surface area contributed by atoms with Crippen LogP contribution < -0.4 is 5.73 Å². The molecule has 0 saturated heterocycles. The van der Waals surface area contributed by atoms with E-state index >= 15 is 0 Å². The highest BCUT2D eigenvalue weighted by atomic mass is 16.5. The molecule has 0 aromatic heterocycles. The molecule has 6 heteroatoms. The van der Waals surface area contributed by atoms with Crippen LogP contribution in [0.4, 0.5) is 4.79 Å². The lowest BCUT2D eigenvalue weighted by molar-refractivity contribution is 0.0600. The van der Waals surface area contributed by atoms with Gasteiger partial charge in [0.1, 0.15) is 11.9 Å². The third-order valence-corrected chi connectivity index (χ3v) is 3.04. The normalized spacial score (nSPS) is 17.9. The predicted octanol–water partition coefficient (Wildman–Crippen LogP) is 1.49. The highest BCUT2D eigenvalue weighted by Gasteiger charge is 2.33. The minimum absolute atomic E-state index is 0.239. The number of carbonyl (C=O) groups is 2. The maximum atomic E-state index is 11.7. The van der Waals surface area contributed by atoms with Crippen LogP contribution in [-0.4, -0.2) is 36.4 Å². The fourth-order valence-electron chi connectivity index (χ4n) is 2.10. The molecule has 1 aliphatic rings. The molecule has 6 nitrogen and oxygen atoms in total. The maximum Gasteiger partial charge on any atom is 0.346 e. The summed E-state index contributed by atoms with van der Waals surface area (Å²) < 4.78 is 4.63. The van der Waals surface area contributed by atoms with Gasteiger partial charge in [-0.25, -0.2) is 9.59 Å². The van der Waals surface area contributed by atoms with Crippen LogP contribution in [0.1, 0.15) is 22.0 Å². The predicted molar refractivity (Wildman–Crippen MR) is 74.4 cm³/mol. The number of aliphatic imine (C=N–C) groups is 1. The molecule has 0 spiro atoms. The van der Waals surface area contributed by atoms with Gasteiger partial charge in [0.2, 0.25) is 0 Å². The smallest absolute Gasteiger partial charge is 0.346 e. The van der Waals surface area contributed by atoms with Gasteiger partial charge >= 0.3 is 12.0 Å². The summed E-state index contributed by atoms with van der Waals surface area (Å²) in [5.74, 6) is -0.175. The zero-order valence-corrected chi connectivity index (χ0v) is 11.1. The van der Waals surface area contributed by atoms with E-state index in [0.717, 1.165) is 5.56 Å². The van der Waals surface area contributed by atoms with Crippen molar-refractivity contribution >= 4 is 17.8 Å². The van der Waals surface area contributed by atoms with E-state index in [1.54, 1.807) is 30.3 Å². The topological polar surface area (TPSA) is 85.0 Å². The number of methoxy groups -OCH3 is 1. The van der Waals surface area contributed by atoms with E-state index in [9.17, 15) is 9.59 Å². The van der Waals surface area contributed by atoms with Crippen molar-refractivity contribution < 1.29 is 14.3 Å². The third kappa shape index (κ3) is 2.40. The Balaban J connectivity index is 2.30. The Bertz CT molecular complexity index is 578. The number of benzene rings is 1. The molecule has 2 rings (SSSR count). The van der Waals surface area contributed by atoms with Crippen molar-refractivity contribution in [2.24, 2.45) is 10.7 Å². The van der Waals surface area contributed by atoms with E-state index in [4.69, 9.17) is 5.73 Å². The molecule has 20 heavy (non-hydrogen) atoms. The van der Waals surface area contributed by atoms with Crippen LogP contribution >= 0.6 is 0 Å². The Kier molecular flexibility index (Phi) is 3.84. The summed E-state index contributed by atoms with van der Waals surface area (Å²) in [6, 6.07) is 5.91. The number of hydrogen-bond donors (Lipinski definition) is 1. The van der Waals surface area contributed by atoms with E-state index < -0.39 is 12.0 Å². The molecule has 0 saturated carbocycles. The molecule has 2 N–H and O–H groups in total. The highest BCUT2D eigenvalue weighted by molar-refractivity contribution is 6.03. The van der Waals surface area contributed by atoms with Crippen LogP contribution in [-0.2, 0) is 4.74 Å². The van der Waals surface area contributed by atoms with Gasteiger partial charge in [-0.1, -0.05) is 18.2 Å². The van der Waals surface area contributed by atoms with Crippen molar-refractivity contribution in [1.82, 2.24) is 4.90 Å². The number of urea groups is 1. The van der Waals surface area contributed by atoms with Gasteiger partial charge in [-0.15, -0.1) is 6.58 Å². The first-order valence-corrected chi connectivity index (χ1v) is 6.02. The van der Waals surface area contributed by atoms with Gasteiger partial charge in [-0.3, -0.25) is 0 Å². The molecule has 1 aromatic carbocycles. The van der Waals surface area contributed by atoms with Crippen LogP contribution in [0.5, 0.6) is 0 Å². The first-order valence-electron chi connectivity index (χ1n) is 6.02. The average molecular weight is 273 g/mol. The largest absolute Gasteiger partial charge is 0.465 e. The second-order valence-corrected chi connectivity index (χ2v) is 4.28. The number of esters is 1. The van der Waals surface area contributed by atoms with Crippen molar-refractivity contribution in [2.45, 2.75) is 6.04 Å². The lowest BCUT2D eigenvalue weighted by Crippen LogP contribution is -2.33. The molecular weight excluding hydrogens is 258 g/mol. The first kappa shape index (κ1) is 13.8. The Hall–Kier alpha value is -2.63. The SMILES string of the molecule is C=CCN1C(=O)N=C(N)C1c1ccc(C(=O)OC)cc1. The van der Waals surface area contributed by atoms with Crippen LogP contribution in [0.15, 0.2) is 41.9 Å². The molecule has 0 fully saturated rings. The number of ether oxygens (including phenoxy) is 1. The molecule has 1 aromatic rings. The van der Waals surface area contributed by atoms with Crippen LogP contribution in [0, 0.1) is 0 Å². The van der Waals surface area contributed by atoms with Gasteiger partial charge in [0, 0.05) is 6.54 Å². The molecule has 104 valence electrons. The maximum absolute atomic E-state index is 11.7. The third-order valence-electron chi connectivity index (χ3n) is 3.04. The summed E-state index contributed by atoms with van der Waals surface area (Å²) in [6.45, 7) is 3.97. The second kappa shape index (κ2) is 5.56. The van der Waals surface area contributed by atoms with Crippen molar-refractivity contribution in [3.05, 3.63) is 48.0 Å². The van der Waals surface area contributed by atoms with Gasteiger partial charge in [-0.2, -0.15) is 4.99 Å². The number of hydrogen-bond acceptors (Lipinski definition) is 4. The van der Waals surface area contributed by atoms with Crippen molar-refractivity contribution in [1.29, 1.82) is 0 Å². The number of rotatable bonds is 4. The minimum atomic E-state index is -0.424. The summed E-state index contributed by atoms with van der Waals surface area (Å²) in [4.78, 5) is 28.4. The van der Waals surface area contributed by atoms with Gasteiger partial charge in [0.25, 0.3) is 0 Å². The van der Waals surface area contributed by atoms with Crippen molar-refractivity contribution in [2.75, 3.05) is 13.7 Å². The standard InChI is InChI=1S/C14H15N3O3/c1-3-8-17-11(12(15)16-14(17)19)9-4-6-10(7-5-9)13(18)20-2/h3-7,11H,1,8H2,2H3,(H2,15,16,19). The van der Waals surface area contributed by atoms with Gasteiger partial charge in [-0.05, 0) is 17.7 Å². The highest BCUT2D eigenvalue weighted by Crippen LogP contribution is 2.27. The Morgan fingerprint density at radius 1 is 1.50 bits per heavy atom. The number of amidine groups is 1. The summed E-state index contributed by atoms with van der Waals surface area (Å²) in [5, 5.41) is 0. The summed E-state index contributed by atoms with van der Waals surface area (Å²) in [5.41, 5.74) is 7.03. The summed E-state index contributed by atoms with van der Waals surface area (Å²) in [6.07, 6.45) is 1.61. The molecule has 0 bridgehead atoms. The van der Waals surface area contributed by atoms with Crippen LogP contribution in [0.2, 0.25) is 0 Å². The quantitative estimate of drug-likeness (QED) is 0.665. The lowest BCUT2D eigenvalue weighted by atomic mass is 10.0. The fourth-order valence-corrected chi connectivity index (χ4v) is 2.10. The second-order valence-electron chi connectivity index (χ2n) is 4.28. The number of nitrogens with two attached hydrogens (primary N) is 1. The average Bonchev–Trinajstić information content (AvgIpc) is 2.73. The molecule has 1 aliphatic heterocycles. The monoisotopic (exact) mass is 273 g/mol. The lowest BCUT2D eigenvalue weighted by Gasteiger charge is -2.23. The van der Waals surface area contributed by atoms with E-state index in [2.05, 4.69) is 16.3 Å². The molecule has 2 amide bonds. The molecule has 0 aliphatic carbocycles.